The summed E-state index contributed by atoms with van der Waals surface area (Å²) in [6.07, 6.45) is 3.58. The summed E-state index contributed by atoms with van der Waals surface area (Å²) in [5, 5.41) is 6.51. The normalized spacial score (nSPS) is 12.4. The van der Waals surface area contributed by atoms with Gasteiger partial charge in [-0.1, -0.05) is 0 Å². The van der Waals surface area contributed by atoms with Crippen molar-refractivity contribution in [3.8, 4) is 5.88 Å². The molecule has 0 aromatic carbocycles. The molecule has 4 nitrogen and oxygen atoms in total. The van der Waals surface area contributed by atoms with E-state index in [0.717, 1.165) is 17.1 Å². The molecule has 0 aliphatic carbocycles. The Morgan fingerprint density at radius 1 is 1.41 bits per heavy atom. The number of hydrogen-bond donors (Lipinski definition) is 1. The second-order valence-corrected chi connectivity index (χ2v) is 4.61. The zero-order valence-electron chi connectivity index (χ0n) is 9.88. The van der Waals surface area contributed by atoms with Gasteiger partial charge in [-0.2, -0.15) is 0 Å². The molecule has 1 atom stereocenters. The summed E-state index contributed by atoms with van der Waals surface area (Å²) in [5.74, 6) is 0.645. The molecular formula is C12H15N3OS. The van der Waals surface area contributed by atoms with Gasteiger partial charge in [-0.15, -0.1) is 11.3 Å². The van der Waals surface area contributed by atoms with E-state index in [0.29, 0.717) is 5.88 Å². The van der Waals surface area contributed by atoms with Crippen LogP contribution in [0.2, 0.25) is 0 Å². The highest BCUT2D eigenvalue weighted by atomic mass is 32.1. The standard InChI is InChI=1S/C12H15N3OS/c1-9(12-14-5-6-17-12)15-8-10-3-4-13-11(7-10)16-2/h3-7,9,15H,8H2,1-2H3. The van der Waals surface area contributed by atoms with E-state index in [9.17, 15) is 0 Å². The van der Waals surface area contributed by atoms with E-state index < -0.39 is 0 Å². The Balaban J connectivity index is 1.93. The predicted molar refractivity (Wildman–Crippen MR) is 68.2 cm³/mol. The Morgan fingerprint density at radius 3 is 3.00 bits per heavy atom. The average molecular weight is 249 g/mol. The smallest absolute Gasteiger partial charge is 0.213 e. The molecule has 0 bridgehead atoms. The lowest BCUT2D eigenvalue weighted by Crippen LogP contribution is -2.17. The van der Waals surface area contributed by atoms with Crippen LogP contribution in [0.4, 0.5) is 0 Å². The number of aromatic nitrogens is 2. The fraction of sp³-hybridized carbons (Fsp3) is 0.333. The van der Waals surface area contributed by atoms with Gasteiger partial charge in [-0.3, -0.25) is 0 Å². The topological polar surface area (TPSA) is 47.0 Å². The summed E-state index contributed by atoms with van der Waals surface area (Å²) in [7, 11) is 1.62. The lowest BCUT2D eigenvalue weighted by Gasteiger charge is -2.11. The first-order valence-electron chi connectivity index (χ1n) is 5.41. The van der Waals surface area contributed by atoms with Gasteiger partial charge in [0.15, 0.2) is 0 Å². The number of methoxy groups -OCH3 is 1. The second kappa shape index (κ2) is 5.75. The van der Waals surface area contributed by atoms with Crippen molar-refractivity contribution in [3.05, 3.63) is 40.5 Å². The van der Waals surface area contributed by atoms with E-state index in [-0.39, 0.29) is 6.04 Å². The van der Waals surface area contributed by atoms with Gasteiger partial charge in [0.05, 0.1) is 13.2 Å². The van der Waals surface area contributed by atoms with Crippen molar-refractivity contribution in [3.63, 3.8) is 0 Å². The number of pyridine rings is 1. The number of rotatable bonds is 5. The molecule has 2 rings (SSSR count). The van der Waals surface area contributed by atoms with Crippen LogP contribution in [0, 0.1) is 0 Å². The highest BCUT2D eigenvalue weighted by Crippen LogP contribution is 2.16. The van der Waals surface area contributed by atoms with Crippen molar-refractivity contribution < 1.29 is 4.74 Å². The summed E-state index contributed by atoms with van der Waals surface area (Å²) in [5.41, 5.74) is 1.15. The van der Waals surface area contributed by atoms with Gasteiger partial charge in [-0.25, -0.2) is 9.97 Å². The maximum absolute atomic E-state index is 5.08. The third-order valence-electron chi connectivity index (χ3n) is 2.44. The molecular weight excluding hydrogens is 234 g/mol. The van der Waals surface area contributed by atoms with E-state index in [1.807, 2.05) is 23.7 Å². The predicted octanol–water partition coefficient (Wildman–Crippen LogP) is 2.40. The average Bonchev–Trinajstić information content (AvgIpc) is 2.90. The van der Waals surface area contributed by atoms with Crippen LogP contribution in [0.25, 0.3) is 0 Å². The fourth-order valence-corrected chi connectivity index (χ4v) is 2.15. The Labute approximate surface area is 105 Å². The van der Waals surface area contributed by atoms with Gasteiger partial charge in [-0.05, 0) is 18.6 Å². The van der Waals surface area contributed by atoms with Gasteiger partial charge < -0.3 is 10.1 Å². The number of hydrogen-bond acceptors (Lipinski definition) is 5. The van der Waals surface area contributed by atoms with Gasteiger partial charge in [0.2, 0.25) is 5.88 Å². The molecule has 2 aromatic rings. The van der Waals surface area contributed by atoms with E-state index in [1.165, 1.54) is 0 Å². The second-order valence-electron chi connectivity index (χ2n) is 3.68. The van der Waals surface area contributed by atoms with Crippen molar-refractivity contribution in [2.45, 2.75) is 19.5 Å². The first kappa shape index (κ1) is 12.0. The lowest BCUT2D eigenvalue weighted by atomic mass is 10.2. The largest absolute Gasteiger partial charge is 0.481 e. The molecule has 2 aromatic heterocycles. The molecule has 0 aliphatic rings. The minimum Gasteiger partial charge on any atom is -0.481 e. The van der Waals surface area contributed by atoms with Crippen molar-refractivity contribution in [1.82, 2.24) is 15.3 Å². The Morgan fingerprint density at radius 2 is 2.29 bits per heavy atom. The van der Waals surface area contributed by atoms with Crippen molar-refractivity contribution in [2.24, 2.45) is 0 Å². The molecule has 1 N–H and O–H groups in total. The lowest BCUT2D eigenvalue weighted by molar-refractivity contribution is 0.397. The Kier molecular flexibility index (Phi) is 4.06. The summed E-state index contributed by atoms with van der Waals surface area (Å²) in [6.45, 7) is 2.89. The molecule has 0 radical (unpaired) electrons. The number of ether oxygens (including phenoxy) is 1. The molecule has 90 valence electrons. The number of thiazole rings is 1. The first-order chi connectivity index (χ1) is 8.29. The van der Waals surface area contributed by atoms with Crippen molar-refractivity contribution in [2.75, 3.05) is 7.11 Å². The maximum Gasteiger partial charge on any atom is 0.213 e. The van der Waals surface area contributed by atoms with Crippen LogP contribution in [0.15, 0.2) is 29.9 Å². The van der Waals surface area contributed by atoms with Crippen LogP contribution in [0.3, 0.4) is 0 Å². The summed E-state index contributed by atoms with van der Waals surface area (Å²) in [6, 6.07) is 4.17. The fourth-order valence-electron chi connectivity index (χ4n) is 1.48. The zero-order chi connectivity index (χ0) is 12.1. The van der Waals surface area contributed by atoms with Gasteiger partial charge in [0, 0.05) is 30.4 Å². The van der Waals surface area contributed by atoms with E-state index in [2.05, 4.69) is 22.2 Å². The molecule has 2 heterocycles. The quantitative estimate of drug-likeness (QED) is 0.884. The molecule has 0 fully saturated rings. The van der Waals surface area contributed by atoms with Gasteiger partial charge in [0.1, 0.15) is 5.01 Å². The highest BCUT2D eigenvalue weighted by molar-refractivity contribution is 7.09. The molecule has 0 saturated heterocycles. The van der Waals surface area contributed by atoms with Crippen LogP contribution in [0.5, 0.6) is 5.88 Å². The molecule has 17 heavy (non-hydrogen) atoms. The Bertz CT molecular complexity index is 459. The van der Waals surface area contributed by atoms with Crippen LogP contribution in [0.1, 0.15) is 23.5 Å². The van der Waals surface area contributed by atoms with E-state index in [1.54, 1.807) is 24.6 Å². The minimum atomic E-state index is 0.258. The van der Waals surface area contributed by atoms with Crippen molar-refractivity contribution >= 4 is 11.3 Å². The van der Waals surface area contributed by atoms with Gasteiger partial charge >= 0.3 is 0 Å². The SMILES string of the molecule is COc1cc(CNC(C)c2nccs2)ccn1. The number of nitrogens with one attached hydrogen (secondary N) is 1. The maximum atomic E-state index is 5.08. The molecule has 0 saturated carbocycles. The van der Waals surface area contributed by atoms with E-state index >= 15 is 0 Å². The highest BCUT2D eigenvalue weighted by Gasteiger charge is 2.07. The monoisotopic (exact) mass is 249 g/mol. The van der Waals surface area contributed by atoms with E-state index in [4.69, 9.17) is 4.74 Å². The zero-order valence-corrected chi connectivity index (χ0v) is 10.7. The molecule has 1 unspecified atom stereocenters. The molecule has 0 aliphatic heterocycles. The molecule has 0 amide bonds. The number of nitrogens with zero attached hydrogens (tertiary/aromatic N) is 2. The first-order valence-corrected chi connectivity index (χ1v) is 6.29. The Hall–Kier alpha value is -1.46. The molecule has 5 heteroatoms. The third-order valence-corrected chi connectivity index (χ3v) is 3.40. The molecule has 0 spiro atoms. The van der Waals surface area contributed by atoms with Crippen molar-refractivity contribution in [1.29, 1.82) is 0 Å². The van der Waals surface area contributed by atoms with Crippen LogP contribution in [-0.4, -0.2) is 17.1 Å². The minimum absolute atomic E-state index is 0.258. The third kappa shape index (κ3) is 3.25. The summed E-state index contributed by atoms with van der Waals surface area (Å²) < 4.78 is 5.08. The van der Waals surface area contributed by atoms with Gasteiger partial charge in [0.25, 0.3) is 0 Å². The summed E-state index contributed by atoms with van der Waals surface area (Å²) >= 11 is 1.66. The summed E-state index contributed by atoms with van der Waals surface area (Å²) in [4.78, 5) is 8.36. The van der Waals surface area contributed by atoms with Crippen LogP contribution >= 0.6 is 11.3 Å². The van der Waals surface area contributed by atoms with Crippen LogP contribution in [-0.2, 0) is 6.54 Å². The van der Waals surface area contributed by atoms with Crippen LogP contribution < -0.4 is 10.1 Å².